The summed E-state index contributed by atoms with van der Waals surface area (Å²) in [5.41, 5.74) is 2.54. The summed E-state index contributed by atoms with van der Waals surface area (Å²) in [4.78, 5) is 19.9. The third-order valence-electron chi connectivity index (χ3n) is 2.84. The summed E-state index contributed by atoms with van der Waals surface area (Å²) in [6.07, 6.45) is 0. The number of hydrogen-bond donors (Lipinski definition) is 0. The zero-order valence-electron chi connectivity index (χ0n) is 11.5. The molecule has 2 rings (SSSR count). The van der Waals surface area contributed by atoms with E-state index in [-0.39, 0.29) is 5.69 Å². The number of nitrogens with zero attached hydrogens (tertiary/aromatic N) is 3. The molecule has 0 fully saturated rings. The lowest BCUT2D eigenvalue weighted by Gasteiger charge is -2.02. The standard InChI is InChI=1S/C14H15N3O2S/c1-9(2)12-6-7-20-14(15-12)16-13-5-4-11(17(18)19)8-10(13)3/h4-9H,1-3H3/b16-14-. The van der Waals surface area contributed by atoms with Crippen LogP contribution in [0.3, 0.4) is 0 Å². The van der Waals surface area contributed by atoms with Crippen molar-refractivity contribution in [2.24, 2.45) is 4.99 Å². The number of non-ortho nitro benzene ring substituents is 1. The molecular formula is C14H15N3O2S. The second-order valence-corrected chi connectivity index (χ2v) is 5.61. The van der Waals surface area contributed by atoms with Gasteiger partial charge in [0.05, 0.1) is 10.6 Å². The van der Waals surface area contributed by atoms with Gasteiger partial charge < -0.3 is 0 Å². The van der Waals surface area contributed by atoms with Crippen molar-refractivity contribution in [2.75, 3.05) is 0 Å². The molecule has 0 unspecified atom stereocenters. The van der Waals surface area contributed by atoms with E-state index in [1.165, 1.54) is 23.5 Å². The highest BCUT2D eigenvalue weighted by molar-refractivity contribution is 7.06. The van der Waals surface area contributed by atoms with Gasteiger partial charge in [0.2, 0.25) is 4.80 Å². The molecule has 5 nitrogen and oxygen atoms in total. The lowest BCUT2D eigenvalue weighted by atomic mass is 10.1. The van der Waals surface area contributed by atoms with Gasteiger partial charge in [0, 0.05) is 17.8 Å². The molecule has 0 saturated carbocycles. The van der Waals surface area contributed by atoms with Crippen molar-refractivity contribution >= 4 is 22.7 Å². The van der Waals surface area contributed by atoms with Gasteiger partial charge in [-0.3, -0.25) is 10.1 Å². The van der Waals surface area contributed by atoms with Gasteiger partial charge in [0.25, 0.3) is 5.69 Å². The first-order valence-electron chi connectivity index (χ1n) is 6.23. The van der Waals surface area contributed by atoms with E-state index in [1.54, 1.807) is 6.07 Å². The number of nitro benzene ring substituents is 1. The Hall–Kier alpha value is -2.08. The van der Waals surface area contributed by atoms with Crippen LogP contribution in [0.4, 0.5) is 11.4 Å². The predicted octanol–water partition coefficient (Wildman–Crippen LogP) is 3.72. The van der Waals surface area contributed by atoms with Gasteiger partial charge in [0.15, 0.2) is 0 Å². The Bertz CT molecular complexity index is 708. The second kappa shape index (κ2) is 5.92. The molecule has 0 aliphatic carbocycles. The van der Waals surface area contributed by atoms with E-state index in [2.05, 4.69) is 23.8 Å². The zero-order chi connectivity index (χ0) is 14.7. The first-order valence-corrected chi connectivity index (χ1v) is 7.11. The highest BCUT2D eigenvalue weighted by atomic mass is 32.1. The van der Waals surface area contributed by atoms with Crippen molar-refractivity contribution in [2.45, 2.75) is 26.7 Å². The van der Waals surface area contributed by atoms with E-state index in [9.17, 15) is 10.1 Å². The number of hydrogen-bond acceptors (Lipinski definition) is 5. The molecule has 0 radical (unpaired) electrons. The normalized spacial score (nSPS) is 11.9. The maximum atomic E-state index is 10.7. The second-order valence-electron chi connectivity index (χ2n) is 4.73. The molecule has 0 atom stereocenters. The average molecular weight is 289 g/mol. The summed E-state index contributed by atoms with van der Waals surface area (Å²) in [5, 5.41) is 12.7. The van der Waals surface area contributed by atoms with Gasteiger partial charge in [-0.05, 0) is 35.9 Å². The van der Waals surface area contributed by atoms with E-state index in [0.717, 1.165) is 11.3 Å². The van der Waals surface area contributed by atoms with Crippen molar-refractivity contribution in [3.8, 4) is 0 Å². The van der Waals surface area contributed by atoms with Crippen molar-refractivity contribution in [3.05, 3.63) is 55.8 Å². The molecular weight excluding hydrogens is 274 g/mol. The Kier molecular flexibility index (Phi) is 4.24. The van der Waals surface area contributed by atoms with Crippen LogP contribution in [0.5, 0.6) is 0 Å². The Morgan fingerprint density at radius 1 is 1.35 bits per heavy atom. The van der Waals surface area contributed by atoms with E-state index in [4.69, 9.17) is 0 Å². The molecule has 20 heavy (non-hydrogen) atoms. The summed E-state index contributed by atoms with van der Waals surface area (Å²) in [6, 6.07) is 6.62. The maximum absolute atomic E-state index is 10.7. The third kappa shape index (κ3) is 3.27. The smallest absolute Gasteiger partial charge is 0.258 e. The molecule has 2 aromatic rings. The predicted molar refractivity (Wildman–Crippen MR) is 79.3 cm³/mol. The molecule has 0 N–H and O–H groups in total. The summed E-state index contributed by atoms with van der Waals surface area (Å²) in [6.45, 7) is 5.96. The van der Waals surface area contributed by atoms with Crippen LogP contribution in [0, 0.1) is 17.0 Å². The third-order valence-corrected chi connectivity index (χ3v) is 3.50. The summed E-state index contributed by atoms with van der Waals surface area (Å²) in [7, 11) is 0. The summed E-state index contributed by atoms with van der Waals surface area (Å²) >= 11 is 1.45. The first kappa shape index (κ1) is 14.3. The van der Waals surface area contributed by atoms with Gasteiger partial charge in [-0.1, -0.05) is 13.8 Å². The summed E-state index contributed by atoms with van der Waals surface area (Å²) in [5.74, 6) is 0.343. The quantitative estimate of drug-likeness (QED) is 0.639. The summed E-state index contributed by atoms with van der Waals surface area (Å²) < 4.78 is 0. The van der Waals surface area contributed by atoms with Crippen LogP contribution in [-0.2, 0) is 0 Å². The minimum absolute atomic E-state index is 0.0778. The molecule has 1 heterocycles. The molecule has 0 amide bonds. The fourth-order valence-corrected chi connectivity index (χ4v) is 2.33. The number of benzene rings is 1. The van der Waals surface area contributed by atoms with E-state index < -0.39 is 4.92 Å². The Morgan fingerprint density at radius 3 is 2.70 bits per heavy atom. The molecule has 0 aliphatic heterocycles. The number of aromatic nitrogens is 1. The van der Waals surface area contributed by atoms with Crippen molar-refractivity contribution in [3.63, 3.8) is 0 Å². The highest BCUT2D eigenvalue weighted by Crippen LogP contribution is 2.23. The number of aryl methyl sites for hydroxylation is 1. The topological polar surface area (TPSA) is 68.4 Å². The van der Waals surface area contributed by atoms with E-state index in [0.29, 0.717) is 16.4 Å². The van der Waals surface area contributed by atoms with Crippen LogP contribution in [0.15, 0.2) is 34.6 Å². The van der Waals surface area contributed by atoms with Crippen molar-refractivity contribution in [1.82, 2.24) is 4.98 Å². The maximum Gasteiger partial charge on any atom is 0.269 e. The Labute approximate surface area is 120 Å². The molecule has 104 valence electrons. The van der Waals surface area contributed by atoms with Crippen LogP contribution in [0.25, 0.3) is 0 Å². The molecule has 1 aromatic carbocycles. The van der Waals surface area contributed by atoms with Crippen molar-refractivity contribution < 1.29 is 4.92 Å². The lowest BCUT2D eigenvalue weighted by Crippen LogP contribution is -2.06. The molecule has 1 aromatic heterocycles. The van der Waals surface area contributed by atoms with E-state index >= 15 is 0 Å². The van der Waals surface area contributed by atoms with Crippen LogP contribution in [0.1, 0.15) is 31.0 Å². The fourth-order valence-electron chi connectivity index (χ4n) is 1.69. The number of rotatable bonds is 3. The largest absolute Gasteiger partial charge is 0.269 e. The molecule has 0 saturated heterocycles. The van der Waals surface area contributed by atoms with E-state index in [1.807, 2.05) is 18.4 Å². The zero-order valence-corrected chi connectivity index (χ0v) is 12.3. The van der Waals surface area contributed by atoms with Gasteiger partial charge in [-0.25, -0.2) is 9.98 Å². The van der Waals surface area contributed by atoms with Crippen LogP contribution < -0.4 is 4.80 Å². The highest BCUT2D eigenvalue weighted by Gasteiger charge is 2.07. The Morgan fingerprint density at radius 2 is 2.10 bits per heavy atom. The van der Waals surface area contributed by atoms with Crippen LogP contribution >= 0.6 is 11.3 Å². The van der Waals surface area contributed by atoms with Gasteiger partial charge in [0.1, 0.15) is 0 Å². The minimum Gasteiger partial charge on any atom is -0.258 e. The van der Waals surface area contributed by atoms with Crippen LogP contribution in [-0.4, -0.2) is 9.91 Å². The number of nitro groups is 1. The van der Waals surface area contributed by atoms with Crippen molar-refractivity contribution in [1.29, 1.82) is 0 Å². The van der Waals surface area contributed by atoms with Crippen LogP contribution in [0.2, 0.25) is 0 Å². The molecule has 0 spiro atoms. The van der Waals surface area contributed by atoms with Gasteiger partial charge >= 0.3 is 0 Å². The fraction of sp³-hybridized carbons (Fsp3) is 0.286. The van der Waals surface area contributed by atoms with Gasteiger partial charge in [-0.2, -0.15) is 0 Å². The van der Waals surface area contributed by atoms with Gasteiger partial charge in [-0.15, -0.1) is 11.3 Å². The SMILES string of the molecule is Cc1cc([N+](=O)[O-])ccc1/N=c1/nc(C(C)C)ccs1. The molecule has 0 aliphatic rings. The lowest BCUT2D eigenvalue weighted by molar-refractivity contribution is -0.384. The minimum atomic E-state index is -0.406. The Balaban J connectivity index is 2.45. The molecule has 6 heteroatoms. The average Bonchev–Trinajstić information content (AvgIpc) is 2.41. The first-order chi connectivity index (χ1) is 9.47. The monoisotopic (exact) mass is 289 g/mol. The molecule has 0 bridgehead atoms.